The average Bonchev–Trinajstić information content (AvgIpc) is 2.15. The second-order valence-electron chi connectivity index (χ2n) is 3.82. The van der Waals surface area contributed by atoms with E-state index < -0.39 is 18.2 Å². The molecule has 1 aliphatic rings. The molecule has 0 aromatic heterocycles. The highest BCUT2D eigenvalue weighted by atomic mass is 19.4. The molecule has 2 unspecified atom stereocenters. The molecule has 0 amide bonds. The topological polar surface area (TPSA) is 20.2 Å². The van der Waals surface area contributed by atoms with Crippen molar-refractivity contribution in [3.8, 4) is 0 Å². The molecule has 82 valence electrons. The SMILES string of the molecule is OC1CCc2ccccc2C1C(F)(F)F. The van der Waals surface area contributed by atoms with Gasteiger partial charge in [-0.2, -0.15) is 13.2 Å². The van der Waals surface area contributed by atoms with Crippen molar-refractivity contribution in [1.29, 1.82) is 0 Å². The van der Waals surface area contributed by atoms with Crippen LogP contribution >= 0.6 is 0 Å². The fourth-order valence-electron chi connectivity index (χ4n) is 2.14. The smallest absolute Gasteiger partial charge is 0.392 e. The van der Waals surface area contributed by atoms with Crippen molar-refractivity contribution in [2.24, 2.45) is 0 Å². The van der Waals surface area contributed by atoms with Gasteiger partial charge in [-0.3, -0.25) is 0 Å². The molecule has 0 fully saturated rings. The number of fused-ring (bicyclic) bond motifs is 1. The first-order valence-corrected chi connectivity index (χ1v) is 4.82. The maximum Gasteiger partial charge on any atom is 0.398 e. The van der Waals surface area contributed by atoms with Crippen LogP contribution in [-0.4, -0.2) is 17.4 Å². The lowest BCUT2D eigenvalue weighted by Crippen LogP contribution is -2.35. The Bertz CT molecular complexity index is 359. The normalized spacial score (nSPS) is 26.1. The van der Waals surface area contributed by atoms with Crippen molar-refractivity contribution in [2.45, 2.75) is 31.0 Å². The van der Waals surface area contributed by atoms with E-state index in [0.29, 0.717) is 12.0 Å². The Labute approximate surface area is 85.5 Å². The molecule has 1 aromatic rings. The average molecular weight is 216 g/mol. The van der Waals surface area contributed by atoms with Crippen LogP contribution in [0.4, 0.5) is 13.2 Å². The van der Waals surface area contributed by atoms with E-state index in [1.54, 1.807) is 18.2 Å². The zero-order valence-corrected chi connectivity index (χ0v) is 7.96. The van der Waals surface area contributed by atoms with Crippen molar-refractivity contribution in [1.82, 2.24) is 0 Å². The number of alkyl halides is 3. The summed E-state index contributed by atoms with van der Waals surface area (Å²) in [5.41, 5.74) is 0.925. The summed E-state index contributed by atoms with van der Waals surface area (Å²) in [6.07, 6.45) is -4.97. The summed E-state index contributed by atoms with van der Waals surface area (Å²) < 4.78 is 38.1. The molecule has 1 nitrogen and oxygen atoms in total. The molecule has 2 atom stereocenters. The van der Waals surface area contributed by atoms with Gasteiger partial charge in [-0.05, 0) is 24.0 Å². The molecule has 0 bridgehead atoms. The molecule has 0 aliphatic heterocycles. The van der Waals surface area contributed by atoms with Crippen LogP contribution in [0.5, 0.6) is 0 Å². The number of aryl methyl sites for hydroxylation is 1. The van der Waals surface area contributed by atoms with E-state index in [9.17, 15) is 18.3 Å². The number of aliphatic hydroxyl groups excluding tert-OH is 1. The van der Waals surface area contributed by atoms with E-state index in [1.807, 2.05) is 0 Å². The predicted molar refractivity (Wildman–Crippen MR) is 49.6 cm³/mol. The maximum absolute atomic E-state index is 12.7. The number of hydrogen-bond acceptors (Lipinski definition) is 1. The van der Waals surface area contributed by atoms with Crippen molar-refractivity contribution in [2.75, 3.05) is 0 Å². The third-order valence-corrected chi connectivity index (χ3v) is 2.84. The van der Waals surface area contributed by atoms with Gasteiger partial charge in [0, 0.05) is 0 Å². The van der Waals surface area contributed by atoms with Crippen molar-refractivity contribution in [3.63, 3.8) is 0 Å². The van der Waals surface area contributed by atoms with Crippen molar-refractivity contribution in [3.05, 3.63) is 35.4 Å². The van der Waals surface area contributed by atoms with E-state index in [1.165, 1.54) is 6.07 Å². The van der Waals surface area contributed by atoms with Crippen LogP contribution in [0, 0.1) is 0 Å². The van der Waals surface area contributed by atoms with Crippen LogP contribution in [0.25, 0.3) is 0 Å². The third kappa shape index (κ3) is 1.86. The third-order valence-electron chi connectivity index (χ3n) is 2.84. The van der Waals surface area contributed by atoms with Crippen molar-refractivity contribution >= 4 is 0 Å². The summed E-state index contributed by atoms with van der Waals surface area (Å²) in [5, 5.41) is 9.43. The molecule has 1 aliphatic carbocycles. The molecule has 0 radical (unpaired) electrons. The monoisotopic (exact) mass is 216 g/mol. The standard InChI is InChI=1S/C11H11F3O/c12-11(13,14)10-8-4-2-1-3-7(8)5-6-9(10)15/h1-4,9-10,15H,5-6H2. The molecule has 1 aromatic carbocycles. The lowest BCUT2D eigenvalue weighted by molar-refractivity contribution is -0.174. The highest BCUT2D eigenvalue weighted by Crippen LogP contribution is 2.42. The highest BCUT2D eigenvalue weighted by molar-refractivity contribution is 5.34. The molecule has 1 N–H and O–H groups in total. The summed E-state index contributed by atoms with van der Waals surface area (Å²) in [5.74, 6) is -1.72. The van der Waals surface area contributed by atoms with E-state index in [4.69, 9.17) is 0 Å². The second-order valence-corrected chi connectivity index (χ2v) is 3.82. The molecule has 0 spiro atoms. The highest BCUT2D eigenvalue weighted by Gasteiger charge is 2.47. The van der Waals surface area contributed by atoms with Crippen LogP contribution in [0.2, 0.25) is 0 Å². The number of hydrogen-bond donors (Lipinski definition) is 1. The van der Waals surface area contributed by atoms with Crippen LogP contribution in [0.1, 0.15) is 23.5 Å². The predicted octanol–water partition coefficient (Wildman–Crippen LogP) is 2.64. The summed E-state index contributed by atoms with van der Waals surface area (Å²) in [6.45, 7) is 0. The molecular formula is C11H11F3O. The van der Waals surface area contributed by atoms with Gasteiger partial charge in [0.2, 0.25) is 0 Å². The first kappa shape index (κ1) is 10.5. The van der Waals surface area contributed by atoms with E-state index in [0.717, 1.165) is 0 Å². The van der Waals surface area contributed by atoms with Gasteiger partial charge in [0.05, 0.1) is 6.10 Å². The lowest BCUT2D eigenvalue weighted by atomic mass is 9.80. The van der Waals surface area contributed by atoms with Gasteiger partial charge in [0.1, 0.15) is 5.92 Å². The van der Waals surface area contributed by atoms with Crippen LogP contribution in [-0.2, 0) is 6.42 Å². The zero-order chi connectivity index (χ0) is 11.1. The van der Waals surface area contributed by atoms with Gasteiger partial charge < -0.3 is 5.11 Å². The van der Waals surface area contributed by atoms with Gasteiger partial charge >= 0.3 is 6.18 Å². The minimum Gasteiger partial charge on any atom is -0.392 e. The second kappa shape index (κ2) is 3.52. The Morgan fingerprint density at radius 1 is 1.20 bits per heavy atom. The molecule has 0 saturated heterocycles. The zero-order valence-electron chi connectivity index (χ0n) is 7.96. The van der Waals surface area contributed by atoms with E-state index in [-0.39, 0.29) is 12.0 Å². The summed E-state index contributed by atoms with van der Waals surface area (Å²) in [7, 11) is 0. The van der Waals surface area contributed by atoms with Crippen molar-refractivity contribution < 1.29 is 18.3 Å². The fourth-order valence-corrected chi connectivity index (χ4v) is 2.14. The molecule has 0 heterocycles. The number of benzene rings is 1. The Morgan fingerprint density at radius 2 is 1.87 bits per heavy atom. The number of halogens is 3. The summed E-state index contributed by atoms with van der Waals surface area (Å²) >= 11 is 0. The fraction of sp³-hybridized carbons (Fsp3) is 0.455. The van der Waals surface area contributed by atoms with Crippen LogP contribution < -0.4 is 0 Å². The molecule has 4 heteroatoms. The Hall–Kier alpha value is -1.03. The van der Waals surface area contributed by atoms with Gasteiger partial charge in [-0.15, -0.1) is 0 Å². The Balaban J connectivity index is 2.46. The largest absolute Gasteiger partial charge is 0.398 e. The van der Waals surface area contributed by atoms with Crippen LogP contribution in [0.3, 0.4) is 0 Å². The molecule has 0 saturated carbocycles. The van der Waals surface area contributed by atoms with Gasteiger partial charge in [0.25, 0.3) is 0 Å². The first-order valence-electron chi connectivity index (χ1n) is 4.82. The molecular weight excluding hydrogens is 205 g/mol. The quantitative estimate of drug-likeness (QED) is 0.706. The summed E-state index contributed by atoms with van der Waals surface area (Å²) in [6, 6.07) is 6.45. The maximum atomic E-state index is 12.7. The van der Waals surface area contributed by atoms with E-state index >= 15 is 0 Å². The summed E-state index contributed by atoms with van der Waals surface area (Å²) in [4.78, 5) is 0. The minimum atomic E-state index is -4.37. The van der Waals surface area contributed by atoms with Gasteiger partial charge in [-0.25, -0.2) is 0 Å². The van der Waals surface area contributed by atoms with Crippen LogP contribution in [0.15, 0.2) is 24.3 Å². The molecule has 2 rings (SSSR count). The minimum absolute atomic E-state index is 0.182. The number of aliphatic hydroxyl groups is 1. The van der Waals surface area contributed by atoms with E-state index in [2.05, 4.69) is 0 Å². The van der Waals surface area contributed by atoms with Gasteiger partial charge in [0.15, 0.2) is 0 Å². The Kier molecular flexibility index (Phi) is 2.46. The molecule has 15 heavy (non-hydrogen) atoms. The van der Waals surface area contributed by atoms with Gasteiger partial charge in [-0.1, -0.05) is 24.3 Å². The Morgan fingerprint density at radius 3 is 2.53 bits per heavy atom. The lowest BCUT2D eigenvalue weighted by Gasteiger charge is -2.31. The number of rotatable bonds is 0. The first-order chi connectivity index (χ1) is 7.00.